The smallest absolute Gasteiger partial charge is 0.313 e. The van der Waals surface area contributed by atoms with Gasteiger partial charge in [0.2, 0.25) is 0 Å². The minimum absolute atomic E-state index is 0.0652. The van der Waals surface area contributed by atoms with Crippen LogP contribution in [0.15, 0.2) is 35.7 Å². The van der Waals surface area contributed by atoms with Crippen LogP contribution in [0.5, 0.6) is 0 Å². The van der Waals surface area contributed by atoms with Gasteiger partial charge >= 0.3 is 11.8 Å². The van der Waals surface area contributed by atoms with Gasteiger partial charge in [0.05, 0.1) is 4.92 Å². The van der Waals surface area contributed by atoms with E-state index in [1.165, 1.54) is 23.5 Å². The molecule has 0 saturated carbocycles. The van der Waals surface area contributed by atoms with Crippen molar-refractivity contribution < 1.29 is 19.6 Å². The van der Waals surface area contributed by atoms with Crippen LogP contribution in [0, 0.1) is 17.0 Å². The van der Waals surface area contributed by atoms with E-state index in [1.807, 2.05) is 0 Å². The van der Waals surface area contributed by atoms with Crippen LogP contribution in [0.1, 0.15) is 16.5 Å². The zero-order valence-corrected chi connectivity index (χ0v) is 13.5. The molecule has 8 nitrogen and oxygen atoms in total. The van der Waals surface area contributed by atoms with Gasteiger partial charge in [-0.15, -0.1) is 11.3 Å². The van der Waals surface area contributed by atoms with Crippen LogP contribution in [0.2, 0.25) is 0 Å². The predicted molar refractivity (Wildman–Crippen MR) is 88.8 cm³/mol. The molecule has 1 unspecified atom stereocenters. The van der Waals surface area contributed by atoms with Crippen molar-refractivity contribution in [3.05, 3.63) is 56.3 Å². The third-order valence-corrected chi connectivity index (χ3v) is 4.11. The summed E-state index contributed by atoms with van der Waals surface area (Å²) in [4.78, 5) is 34.6. The first-order chi connectivity index (χ1) is 11.4. The Morgan fingerprint density at radius 1 is 1.33 bits per heavy atom. The summed E-state index contributed by atoms with van der Waals surface area (Å²) in [5, 5.41) is 27.1. The summed E-state index contributed by atoms with van der Waals surface area (Å²) in [6.07, 6.45) is -0.921. The topological polar surface area (TPSA) is 122 Å². The normalized spacial score (nSPS) is 11.6. The summed E-state index contributed by atoms with van der Waals surface area (Å²) in [6, 6.07) is 7.71. The first kappa shape index (κ1) is 17.6. The van der Waals surface area contributed by atoms with Crippen molar-refractivity contribution in [1.29, 1.82) is 0 Å². The maximum atomic E-state index is 11.8. The summed E-state index contributed by atoms with van der Waals surface area (Å²) >= 11 is 1.32. The summed E-state index contributed by atoms with van der Waals surface area (Å²) < 4.78 is 0. The van der Waals surface area contributed by atoms with Crippen molar-refractivity contribution in [2.45, 2.75) is 13.0 Å². The zero-order valence-electron chi connectivity index (χ0n) is 12.7. The molecule has 0 radical (unpaired) electrons. The Balaban J connectivity index is 1.97. The van der Waals surface area contributed by atoms with Gasteiger partial charge in [-0.3, -0.25) is 19.7 Å². The molecule has 2 aromatic rings. The monoisotopic (exact) mass is 349 g/mol. The number of hydrogen-bond acceptors (Lipinski definition) is 6. The Labute approximate surface area is 141 Å². The molecule has 2 rings (SSSR count). The number of nitro benzene ring substituents is 1. The molecule has 9 heteroatoms. The van der Waals surface area contributed by atoms with Gasteiger partial charge in [0.1, 0.15) is 11.8 Å². The summed E-state index contributed by atoms with van der Waals surface area (Å²) in [7, 11) is 0. The van der Waals surface area contributed by atoms with Crippen LogP contribution < -0.4 is 10.6 Å². The Morgan fingerprint density at radius 2 is 2.08 bits per heavy atom. The second-order valence-electron chi connectivity index (χ2n) is 4.97. The van der Waals surface area contributed by atoms with Crippen LogP contribution in [-0.2, 0) is 9.59 Å². The molecule has 0 bridgehead atoms. The van der Waals surface area contributed by atoms with Crippen molar-refractivity contribution in [3.8, 4) is 0 Å². The van der Waals surface area contributed by atoms with Gasteiger partial charge in [0.25, 0.3) is 5.69 Å². The second kappa shape index (κ2) is 7.66. The molecule has 0 fully saturated rings. The highest BCUT2D eigenvalue weighted by Crippen LogP contribution is 2.25. The fourth-order valence-electron chi connectivity index (χ4n) is 1.93. The van der Waals surface area contributed by atoms with Crippen LogP contribution in [0.3, 0.4) is 0 Å². The number of thiophene rings is 1. The van der Waals surface area contributed by atoms with E-state index >= 15 is 0 Å². The number of aliphatic hydroxyl groups excluding tert-OH is 1. The molecule has 0 aliphatic heterocycles. The third-order valence-electron chi connectivity index (χ3n) is 3.13. The van der Waals surface area contributed by atoms with Crippen LogP contribution in [0.4, 0.5) is 11.4 Å². The molecule has 0 aliphatic rings. The van der Waals surface area contributed by atoms with Crippen molar-refractivity contribution in [3.63, 3.8) is 0 Å². The summed E-state index contributed by atoms with van der Waals surface area (Å²) in [6.45, 7) is 1.54. The lowest BCUT2D eigenvalue weighted by Gasteiger charge is -2.10. The van der Waals surface area contributed by atoms with E-state index in [1.54, 1.807) is 30.5 Å². The molecule has 0 aliphatic carbocycles. The van der Waals surface area contributed by atoms with Crippen LogP contribution in [0.25, 0.3) is 0 Å². The lowest BCUT2D eigenvalue weighted by Crippen LogP contribution is -2.37. The van der Waals surface area contributed by atoms with Crippen molar-refractivity contribution in [1.82, 2.24) is 5.32 Å². The molecular formula is C15H15N3O5S. The number of aliphatic hydroxyl groups is 1. The highest BCUT2D eigenvalue weighted by molar-refractivity contribution is 7.10. The zero-order chi connectivity index (χ0) is 17.7. The van der Waals surface area contributed by atoms with E-state index in [0.717, 1.165) is 0 Å². The van der Waals surface area contributed by atoms with E-state index in [4.69, 9.17) is 0 Å². The van der Waals surface area contributed by atoms with Gasteiger partial charge in [-0.1, -0.05) is 12.1 Å². The number of aryl methyl sites for hydroxylation is 1. The first-order valence-corrected chi connectivity index (χ1v) is 7.82. The SMILES string of the molecule is Cc1ccc(NC(=O)C(=O)NCC(O)c2cccs2)c([N+](=O)[O-])c1. The van der Waals surface area contributed by atoms with Crippen molar-refractivity contribution in [2.75, 3.05) is 11.9 Å². The highest BCUT2D eigenvalue weighted by Gasteiger charge is 2.21. The average molecular weight is 349 g/mol. The number of carbonyl (C=O) groups excluding carboxylic acids is 2. The van der Waals surface area contributed by atoms with E-state index < -0.39 is 22.8 Å². The molecule has 2 amide bonds. The number of nitro groups is 1. The number of hydrogen-bond donors (Lipinski definition) is 3. The Kier molecular flexibility index (Phi) is 5.61. The maximum absolute atomic E-state index is 11.8. The largest absolute Gasteiger partial charge is 0.386 e. The quantitative estimate of drug-likeness (QED) is 0.431. The van der Waals surface area contributed by atoms with E-state index in [0.29, 0.717) is 10.4 Å². The number of nitrogens with zero attached hydrogens (tertiary/aromatic N) is 1. The minimum Gasteiger partial charge on any atom is -0.386 e. The lowest BCUT2D eigenvalue weighted by atomic mass is 10.2. The number of anilines is 1. The number of carbonyl (C=O) groups is 2. The minimum atomic E-state index is -1.04. The van der Waals surface area contributed by atoms with Gasteiger partial charge in [0.15, 0.2) is 0 Å². The van der Waals surface area contributed by atoms with Gasteiger partial charge in [-0.05, 0) is 30.0 Å². The number of rotatable bonds is 5. The first-order valence-electron chi connectivity index (χ1n) is 6.94. The molecule has 0 saturated heterocycles. The fourth-order valence-corrected chi connectivity index (χ4v) is 2.64. The summed E-state index contributed by atoms with van der Waals surface area (Å²) in [5.41, 5.74) is 0.294. The average Bonchev–Trinajstić information content (AvgIpc) is 3.08. The van der Waals surface area contributed by atoms with Gasteiger partial charge < -0.3 is 15.7 Å². The predicted octanol–water partition coefficient (Wildman–Crippen LogP) is 1.75. The van der Waals surface area contributed by atoms with E-state index in [9.17, 15) is 24.8 Å². The molecular weight excluding hydrogens is 334 g/mol. The van der Waals surface area contributed by atoms with Crippen molar-refractivity contribution >= 4 is 34.5 Å². The molecule has 1 heterocycles. The summed E-state index contributed by atoms with van der Waals surface area (Å²) in [5.74, 6) is -2.03. The van der Waals surface area contributed by atoms with Gasteiger partial charge in [0, 0.05) is 17.5 Å². The number of nitrogens with one attached hydrogen (secondary N) is 2. The van der Waals surface area contributed by atoms with Gasteiger partial charge in [-0.25, -0.2) is 0 Å². The van der Waals surface area contributed by atoms with Gasteiger partial charge in [-0.2, -0.15) is 0 Å². The number of amides is 2. The molecule has 1 aromatic heterocycles. The van der Waals surface area contributed by atoms with Crippen LogP contribution in [-0.4, -0.2) is 28.4 Å². The van der Waals surface area contributed by atoms with E-state index in [2.05, 4.69) is 10.6 Å². The van der Waals surface area contributed by atoms with E-state index in [-0.39, 0.29) is 17.9 Å². The Morgan fingerprint density at radius 3 is 2.71 bits per heavy atom. The molecule has 3 N–H and O–H groups in total. The molecule has 0 spiro atoms. The fraction of sp³-hybridized carbons (Fsp3) is 0.200. The Hall–Kier alpha value is -2.78. The maximum Gasteiger partial charge on any atom is 0.313 e. The second-order valence-corrected chi connectivity index (χ2v) is 5.95. The lowest BCUT2D eigenvalue weighted by molar-refractivity contribution is -0.384. The Bertz CT molecular complexity index is 760. The number of benzene rings is 1. The third kappa shape index (κ3) is 4.37. The highest BCUT2D eigenvalue weighted by atomic mass is 32.1. The standard InChI is InChI=1S/C15H15N3O5S/c1-9-4-5-10(11(7-9)18(22)23)17-15(21)14(20)16-8-12(19)13-3-2-6-24-13/h2-7,12,19H,8H2,1H3,(H,16,20)(H,17,21). The molecule has 126 valence electrons. The molecule has 24 heavy (non-hydrogen) atoms. The molecule has 1 atom stereocenters. The van der Waals surface area contributed by atoms with Crippen molar-refractivity contribution in [2.24, 2.45) is 0 Å². The van der Waals surface area contributed by atoms with Crippen LogP contribution >= 0.6 is 11.3 Å². The molecule has 1 aromatic carbocycles.